The average Bonchev–Trinajstić information content (AvgIpc) is 2.41. The smallest absolute Gasteiger partial charge is 0.339 e. The predicted molar refractivity (Wildman–Crippen MR) is 84.5 cm³/mol. The van der Waals surface area contributed by atoms with E-state index in [2.05, 4.69) is 34.7 Å². The molecule has 3 nitrogen and oxygen atoms in total. The molecular weight excluding hydrogens is 367 g/mol. The summed E-state index contributed by atoms with van der Waals surface area (Å²) in [6.07, 6.45) is 1.00. The summed E-state index contributed by atoms with van der Waals surface area (Å²) in [5, 5.41) is 9.20. The van der Waals surface area contributed by atoms with Crippen molar-refractivity contribution in [3.05, 3.63) is 62.7 Å². The zero-order valence-corrected chi connectivity index (χ0v) is 12.8. The van der Waals surface area contributed by atoms with E-state index >= 15 is 0 Å². The minimum absolute atomic E-state index is 0.226. The van der Waals surface area contributed by atoms with Crippen LogP contribution in [0.2, 0.25) is 0 Å². The summed E-state index contributed by atoms with van der Waals surface area (Å²) in [4.78, 5) is 11.2. The molecule has 3 rings (SSSR count). The molecule has 0 aromatic heterocycles. The molecule has 0 fully saturated rings. The molecule has 0 radical (unpaired) electrons. The number of halogens is 1. The minimum Gasteiger partial charge on any atom is -0.492 e. The lowest BCUT2D eigenvalue weighted by Gasteiger charge is -2.30. The zero-order chi connectivity index (χ0) is 14.1. The molecule has 1 unspecified atom stereocenters. The fourth-order valence-corrected chi connectivity index (χ4v) is 2.99. The van der Waals surface area contributed by atoms with Crippen LogP contribution in [0.5, 0.6) is 5.75 Å². The van der Waals surface area contributed by atoms with Crippen molar-refractivity contribution in [2.45, 2.75) is 12.3 Å². The summed E-state index contributed by atoms with van der Waals surface area (Å²) in [6, 6.07) is 13.5. The van der Waals surface area contributed by atoms with Crippen LogP contribution in [0.15, 0.2) is 42.5 Å². The molecule has 2 aromatic rings. The summed E-state index contributed by atoms with van der Waals surface area (Å²) in [5.74, 6) is -0.137. The number of hydrogen-bond donors (Lipinski definition) is 1. The zero-order valence-electron chi connectivity index (χ0n) is 10.7. The standard InChI is InChI=1S/C16H13IO3/c17-12-5-6-15(14(8-12)16(18)19)20-9-11-7-10-3-1-2-4-13(10)11/h1-6,8,11H,7,9H2,(H,18,19). The van der Waals surface area contributed by atoms with Crippen LogP contribution in [-0.2, 0) is 6.42 Å². The first-order chi connectivity index (χ1) is 9.65. The van der Waals surface area contributed by atoms with Gasteiger partial charge in [0, 0.05) is 9.49 Å². The molecule has 1 atom stereocenters. The van der Waals surface area contributed by atoms with Crippen molar-refractivity contribution < 1.29 is 14.6 Å². The maximum Gasteiger partial charge on any atom is 0.339 e. The van der Waals surface area contributed by atoms with E-state index in [1.807, 2.05) is 18.2 Å². The van der Waals surface area contributed by atoms with Gasteiger partial charge < -0.3 is 9.84 Å². The van der Waals surface area contributed by atoms with Gasteiger partial charge in [0.2, 0.25) is 0 Å². The summed E-state index contributed by atoms with van der Waals surface area (Å²) < 4.78 is 6.62. The lowest BCUT2D eigenvalue weighted by Crippen LogP contribution is -2.23. The van der Waals surface area contributed by atoms with E-state index in [-0.39, 0.29) is 5.56 Å². The Labute approximate surface area is 130 Å². The van der Waals surface area contributed by atoms with Crippen molar-refractivity contribution in [1.82, 2.24) is 0 Å². The summed E-state index contributed by atoms with van der Waals surface area (Å²) in [7, 11) is 0. The Morgan fingerprint density at radius 3 is 2.85 bits per heavy atom. The third kappa shape index (κ3) is 2.52. The van der Waals surface area contributed by atoms with Gasteiger partial charge in [-0.25, -0.2) is 4.79 Å². The second-order valence-electron chi connectivity index (χ2n) is 4.86. The number of carboxylic acid groups (broad SMARTS) is 1. The van der Waals surface area contributed by atoms with E-state index in [0.717, 1.165) is 9.99 Å². The highest BCUT2D eigenvalue weighted by molar-refractivity contribution is 14.1. The van der Waals surface area contributed by atoms with Gasteiger partial charge in [-0.2, -0.15) is 0 Å². The fraction of sp³-hybridized carbons (Fsp3) is 0.188. The lowest BCUT2D eigenvalue weighted by molar-refractivity contribution is 0.0691. The number of rotatable bonds is 4. The van der Waals surface area contributed by atoms with Gasteiger partial charge in [0.15, 0.2) is 0 Å². The third-order valence-electron chi connectivity index (χ3n) is 3.57. The van der Waals surface area contributed by atoms with Gasteiger partial charge in [-0.1, -0.05) is 24.3 Å². The van der Waals surface area contributed by atoms with Crippen LogP contribution in [0, 0.1) is 3.57 Å². The predicted octanol–water partition coefficient (Wildman–Crippen LogP) is 3.71. The van der Waals surface area contributed by atoms with E-state index in [1.165, 1.54) is 11.1 Å². The number of aromatic carboxylic acids is 1. The Balaban J connectivity index is 1.73. The quantitative estimate of drug-likeness (QED) is 0.823. The Hall–Kier alpha value is -1.56. The van der Waals surface area contributed by atoms with E-state index < -0.39 is 5.97 Å². The lowest BCUT2D eigenvalue weighted by atomic mass is 9.78. The molecule has 0 saturated heterocycles. The van der Waals surface area contributed by atoms with Gasteiger partial charge in [-0.3, -0.25) is 0 Å². The van der Waals surface area contributed by atoms with Crippen LogP contribution in [0.4, 0.5) is 0 Å². The van der Waals surface area contributed by atoms with Crippen LogP contribution >= 0.6 is 22.6 Å². The second-order valence-corrected chi connectivity index (χ2v) is 6.10. The van der Waals surface area contributed by atoms with Gasteiger partial charge in [0.25, 0.3) is 0 Å². The molecule has 0 amide bonds. The molecule has 0 spiro atoms. The van der Waals surface area contributed by atoms with Gasteiger partial charge >= 0.3 is 5.97 Å². The number of benzene rings is 2. The highest BCUT2D eigenvalue weighted by Crippen LogP contribution is 2.35. The molecule has 1 aliphatic carbocycles. The first-order valence-electron chi connectivity index (χ1n) is 6.38. The van der Waals surface area contributed by atoms with E-state index in [1.54, 1.807) is 12.1 Å². The van der Waals surface area contributed by atoms with Gasteiger partial charge in [0.1, 0.15) is 11.3 Å². The molecule has 4 heteroatoms. The molecule has 0 aliphatic heterocycles. The number of ether oxygens (including phenoxy) is 1. The monoisotopic (exact) mass is 380 g/mol. The second kappa shape index (κ2) is 5.44. The first kappa shape index (κ1) is 13.4. The fourth-order valence-electron chi connectivity index (χ4n) is 2.50. The number of fused-ring (bicyclic) bond motifs is 1. The van der Waals surface area contributed by atoms with Crippen molar-refractivity contribution in [2.24, 2.45) is 0 Å². The molecule has 0 bridgehead atoms. The minimum atomic E-state index is -0.951. The average molecular weight is 380 g/mol. The molecule has 20 heavy (non-hydrogen) atoms. The third-order valence-corrected chi connectivity index (χ3v) is 4.24. The number of carboxylic acids is 1. The topological polar surface area (TPSA) is 46.5 Å². The number of carbonyl (C=O) groups is 1. The largest absolute Gasteiger partial charge is 0.492 e. The molecular formula is C16H13IO3. The SMILES string of the molecule is O=C(O)c1cc(I)ccc1OCC1Cc2ccccc21. The van der Waals surface area contributed by atoms with Crippen molar-refractivity contribution in [1.29, 1.82) is 0 Å². The van der Waals surface area contributed by atoms with Crippen molar-refractivity contribution in [2.75, 3.05) is 6.61 Å². The molecule has 0 heterocycles. The van der Waals surface area contributed by atoms with Gasteiger partial charge in [0.05, 0.1) is 6.61 Å². The van der Waals surface area contributed by atoms with Crippen LogP contribution in [0.25, 0.3) is 0 Å². The van der Waals surface area contributed by atoms with Crippen molar-refractivity contribution in [3.8, 4) is 5.75 Å². The maximum absolute atomic E-state index is 11.2. The molecule has 1 aliphatic rings. The van der Waals surface area contributed by atoms with Crippen LogP contribution in [0.3, 0.4) is 0 Å². The van der Waals surface area contributed by atoms with Crippen LogP contribution in [-0.4, -0.2) is 17.7 Å². The van der Waals surface area contributed by atoms with E-state index in [4.69, 9.17) is 4.74 Å². The Morgan fingerprint density at radius 1 is 1.30 bits per heavy atom. The molecule has 1 N–H and O–H groups in total. The van der Waals surface area contributed by atoms with E-state index in [0.29, 0.717) is 18.3 Å². The Kier molecular flexibility index (Phi) is 3.65. The van der Waals surface area contributed by atoms with Crippen LogP contribution < -0.4 is 4.74 Å². The maximum atomic E-state index is 11.2. The first-order valence-corrected chi connectivity index (χ1v) is 7.46. The Bertz CT molecular complexity index is 667. The molecule has 102 valence electrons. The van der Waals surface area contributed by atoms with Gasteiger partial charge in [-0.05, 0) is 58.3 Å². The van der Waals surface area contributed by atoms with Crippen molar-refractivity contribution in [3.63, 3.8) is 0 Å². The summed E-state index contributed by atoms with van der Waals surface area (Å²) in [5.41, 5.74) is 2.90. The Morgan fingerprint density at radius 2 is 2.10 bits per heavy atom. The van der Waals surface area contributed by atoms with Crippen molar-refractivity contribution >= 4 is 28.6 Å². The number of hydrogen-bond acceptors (Lipinski definition) is 2. The summed E-state index contributed by atoms with van der Waals surface area (Å²) in [6.45, 7) is 0.526. The molecule has 0 saturated carbocycles. The highest BCUT2D eigenvalue weighted by atomic mass is 127. The normalized spacial score (nSPS) is 16.1. The highest BCUT2D eigenvalue weighted by Gasteiger charge is 2.26. The van der Waals surface area contributed by atoms with Crippen LogP contribution in [0.1, 0.15) is 27.4 Å². The summed E-state index contributed by atoms with van der Waals surface area (Å²) >= 11 is 2.10. The molecule has 2 aromatic carbocycles. The van der Waals surface area contributed by atoms with Gasteiger partial charge in [-0.15, -0.1) is 0 Å². The van der Waals surface area contributed by atoms with E-state index in [9.17, 15) is 9.90 Å².